The van der Waals surface area contributed by atoms with Crippen molar-refractivity contribution in [2.24, 2.45) is 0 Å². The molecule has 0 aliphatic carbocycles. The molecule has 0 spiro atoms. The lowest BCUT2D eigenvalue weighted by Gasteiger charge is -2.49. The molecule has 0 aromatic carbocycles. The lowest BCUT2D eigenvalue weighted by Crippen LogP contribution is -2.70. The predicted octanol–water partition coefficient (Wildman–Crippen LogP) is -0.458. The molecule has 0 saturated carbocycles. The van der Waals surface area contributed by atoms with Crippen LogP contribution in [0.2, 0.25) is 0 Å². The minimum Gasteiger partial charge on any atom is -0.465 e. The number of methoxy groups -OCH3 is 1. The molecule has 0 amide bonds. The summed E-state index contributed by atoms with van der Waals surface area (Å²) in [6, 6.07) is -1.18. The Bertz CT molecular complexity index is 1120. The average molecular weight is 666 g/mol. The maximum absolute atomic E-state index is 12.3. The summed E-state index contributed by atoms with van der Waals surface area (Å²) in [5.41, 5.74) is 0. The third-order valence-corrected chi connectivity index (χ3v) is 7.73. The zero-order valence-electron chi connectivity index (χ0n) is 26.1. The number of carbonyl (C=O) groups excluding carboxylic acids is 7. The van der Waals surface area contributed by atoms with Crippen molar-refractivity contribution >= 4 is 53.5 Å². The fourth-order valence-electron chi connectivity index (χ4n) is 4.83. The van der Waals surface area contributed by atoms with Crippen molar-refractivity contribution in [1.82, 2.24) is 5.32 Å². The second kappa shape index (κ2) is 17.3. The molecule has 0 unspecified atom stereocenters. The van der Waals surface area contributed by atoms with E-state index >= 15 is 0 Å². The summed E-state index contributed by atoms with van der Waals surface area (Å²) in [5.74, 6) is -5.19. The van der Waals surface area contributed by atoms with Gasteiger partial charge in [0.05, 0.1) is 10.6 Å². The van der Waals surface area contributed by atoms with Crippen molar-refractivity contribution in [3.05, 3.63) is 0 Å². The van der Waals surface area contributed by atoms with Gasteiger partial charge < -0.3 is 42.6 Å². The fraction of sp³-hybridized carbons (Fsp3) is 0.741. The van der Waals surface area contributed by atoms with Crippen LogP contribution in [0.15, 0.2) is 0 Å². The summed E-state index contributed by atoms with van der Waals surface area (Å²) in [6.45, 7) is 7.18. The molecule has 2 saturated heterocycles. The van der Waals surface area contributed by atoms with E-state index < -0.39 is 108 Å². The predicted molar refractivity (Wildman–Crippen MR) is 149 cm³/mol. The van der Waals surface area contributed by atoms with Crippen molar-refractivity contribution < 1.29 is 76.2 Å². The Morgan fingerprint density at radius 3 is 1.51 bits per heavy atom. The van der Waals surface area contributed by atoms with Gasteiger partial charge in [-0.15, -0.1) is 11.8 Å². The third-order valence-electron chi connectivity index (χ3n) is 6.28. The molecule has 2 heterocycles. The van der Waals surface area contributed by atoms with Gasteiger partial charge in [-0.2, -0.15) is 0 Å². The monoisotopic (exact) mass is 665 g/mol. The fourth-order valence-corrected chi connectivity index (χ4v) is 6.32. The van der Waals surface area contributed by atoms with Crippen LogP contribution >= 0.6 is 11.8 Å². The van der Waals surface area contributed by atoms with Crippen LogP contribution in [0.4, 0.5) is 0 Å². The highest BCUT2D eigenvalue weighted by molar-refractivity contribution is 8.00. The number of hydrogen-bond donors (Lipinski definition) is 1. The summed E-state index contributed by atoms with van der Waals surface area (Å²) in [6.07, 6.45) is -9.08. The van der Waals surface area contributed by atoms with Crippen molar-refractivity contribution in [3.8, 4) is 0 Å². The standard InChI is InChI=1S/C27H39NO16S/c1-11(29)37-9-18-21(39-13(3)31)23(41-15(5)33)20(27(36-8)44-18)28-26-25(43-17(7)35)24(42-16(6)34)22(40-14(4)32)19(45-26)10-38-12(2)30/h18-28H,9-10H2,1-8H3/t18-,19-,20+,21-,22-,23-,24+,25+,26+,27+/m1/s1. The Morgan fingerprint density at radius 2 is 1.02 bits per heavy atom. The molecule has 18 heteroatoms. The number of rotatable bonds is 12. The van der Waals surface area contributed by atoms with Crippen LogP contribution in [0.3, 0.4) is 0 Å². The van der Waals surface area contributed by atoms with E-state index in [0.717, 1.165) is 53.3 Å². The van der Waals surface area contributed by atoms with Crippen LogP contribution in [0.1, 0.15) is 48.5 Å². The van der Waals surface area contributed by atoms with Crippen molar-refractivity contribution in [1.29, 1.82) is 0 Å². The maximum atomic E-state index is 12.3. The van der Waals surface area contributed by atoms with Crippen LogP contribution < -0.4 is 5.32 Å². The van der Waals surface area contributed by atoms with Crippen LogP contribution in [0.25, 0.3) is 0 Å². The molecule has 1 N–H and O–H groups in total. The highest BCUT2D eigenvalue weighted by Gasteiger charge is 2.56. The van der Waals surface area contributed by atoms with Gasteiger partial charge in [-0.3, -0.25) is 38.9 Å². The summed E-state index contributed by atoms with van der Waals surface area (Å²) in [5, 5.41) is 1.18. The normalized spacial score (nSPS) is 31.0. The average Bonchev–Trinajstić information content (AvgIpc) is 2.90. The summed E-state index contributed by atoms with van der Waals surface area (Å²) in [7, 11) is 1.28. The number of esters is 7. The van der Waals surface area contributed by atoms with Gasteiger partial charge in [-0.1, -0.05) is 0 Å². The van der Waals surface area contributed by atoms with Gasteiger partial charge in [0.25, 0.3) is 0 Å². The Labute approximate surface area is 263 Å². The molecule has 254 valence electrons. The second-order valence-corrected chi connectivity index (χ2v) is 11.4. The van der Waals surface area contributed by atoms with Gasteiger partial charge in [-0.25, -0.2) is 0 Å². The molecule has 0 aromatic heterocycles. The van der Waals surface area contributed by atoms with Crippen LogP contribution in [0, 0.1) is 0 Å². The largest absolute Gasteiger partial charge is 0.465 e. The summed E-state index contributed by atoms with van der Waals surface area (Å²) >= 11 is 0.999. The van der Waals surface area contributed by atoms with E-state index in [-0.39, 0.29) is 6.61 Å². The van der Waals surface area contributed by atoms with Crippen molar-refractivity contribution in [3.63, 3.8) is 0 Å². The minimum atomic E-state index is -1.41. The zero-order valence-corrected chi connectivity index (χ0v) is 26.9. The Hall–Kier alpha value is -3.48. The maximum Gasteiger partial charge on any atom is 0.303 e. The Kier molecular flexibility index (Phi) is 14.5. The first-order valence-electron chi connectivity index (χ1n) is 13.8. The van der Waals surface area contributed by atoms with E-state index in [1.807, 2.05) is 0 Å². The van der Waals surface area contributed by atoms with Gasteiger partial charge >= 0.3 is 41.8 Å². The summed E-state index contributed by atoms with van der Waals surface area (Å²) in [4.78, 5) is 84.2. The molecular weight excluding hydrogens is 626 g/mol. The zero-order chi connectivity index (χ0) is 34.0. The van der Waals surface area contributed by atoms with E-state index in [0.29, 0.717) is 0 Å². The number of thioether (sulfide) groups is 1. The molecule has 2 aliphatic heterocycles. The number of carbonyl (C=O) groups is 7. The lowest BCUT2D eigenvalue weighted by molar-refractivity contribution is -0.273. The minimum absolute atomic E-state index is 0.316. The molecule has 45 heavy (non-hydrogen) atoms. The number of ether oxygens (including phenoxy) is 9. The molecule has 10 atom stereocenters. The molecular formula is C27H39NO16S. The first-order chi connectivity index (χ1) is 21.0. The van der Waals surface area contributed by atoms with E-state index in [2.05, 4.69) is 5.32 Å². The van der Waals surface area contributed by atoms with Crippen LogP contribution in [-0.2, 0) is 76.2 Å². The quantitative estimate of drug-likeness (QED) is 0.206. The van der Waals surface area contributed by atoms with E-state index in [4.69, 9.17) is 42.6 Å². The van der Waals surface area contributed by atoms with Crippen molar-refractivity contribution in [2.75, 3.05) is 20.3 Å². The smallest absolute Gasteiger partial charge is 0.303 e. The number of hydrogen-bond acceptors (Lipinski definition) is 18. The third kappa shape index (κ3) is 11.4. The topological polar surface area (TPSA) is 215 Å². The van der Waals surface area contributed by atoms with Crippen LogP contribution in [0.5, 0.6) is 0 Å². The second-order valence-electron chi connectivity index (χ2n) is 10.0. The molecule has 17 nitrogen and oxygen atoms in total. The van der Waals surface area contributed by atoms with Gasteiger partial charge in [-0.05, 0) is 0 Å². The molecule has 0 bridgehead atoms. The van der Waals surface area contributed by atoms with E-state index in [1.165, 1.54) is 14.0 Å². The molecule has 2 aliphatic rings. The lowest BCUT2D eigenvalue weighted by atomic mass is 9.95. The van der Waals surface area contributed by atoms with Gasteiger partial charge in [0, 0.05) is 55.6 Å². The van der Waals surface area contributed by atoms with Gasteiger partial charge in [0.1, 0.15) is 25.4 Å². The van der Waals surface area contributed by atoms with Gasteiger partial charge in [0.2, 0.25) is 0 Å². The van der Waals surface area contributed by atoms with Gasteiger partial charge in [0.15, 0.2) is 36.8 Å². The van der Waals surface area contributed by atoms with Crippen LogP contribution in [-0.4, -0.2) is 122 Å². The highest BCUT2D eigenvalue weighted by atomic mass is 32.2. The Balaban J connectivity index is 2.64. The van der Waals surface area contributed by atoms with E-state index in [9.17, 15) is 33.6 Å². The Morgan fingerprint density at radius 1 is 0.578 bits per heavy atom. The molecule has 0 aromatic rings. The first kappa shape index (κ1) is 37.7. The molecule has 2 fully saturated rings. The first-order valence-corrected chi connectivity index (χ1v) is 14.7. The SMILES string of the molecule is CO[C@H]1O[C@H](COC(C)=O)[C@@H](OC(C)=O)[C@H](OC(C)=O)[C@@H]1N[C@H]1S[C@H](COC(C)=O)[C@@H](OC(C)=O)[C@H](OC(C)=O)[C@@H]1OC(C)=O. The van der Waals surface area contributed by atoms with E-state index in [1.54, 1.807) is 0 Å². The molecule has 2 rings (SSSR count). The molecule has 0 radical (unpaired) electrons. The highest BCUT2D eigenvalue weighted by Crippen LogP contribution is 2.39. The summed E-state index contributed by atoms with van der Waals surface area (Å²) < 4.78 is 49.4. The number of nitrogens with one attached hydrogen (secondary N) is 1. The van der Waals surface area contributed by atoms with Crippen molar-refractivity contribution in [2.45, 2.75) is 108 Å².